The largest absolute Gasteiger partial charge is 0.493 e. The number of pyridine rings is 1. The molecule has 0 fully saturated rings. The summed E-state index contributed by atoms with van der Waals surface area (Å²) in [7, 11) is 3.13. The molecule has 2 rings (SSSR count). The lowest BCUT2D eigenvalue weighted by Crippen LogP contribution is -1.97. The molecule has 0 aliphatic carbocycles. The third kappa shape index (κ3) is 3.45. The Bertz CT molecular complexity index is 658. The molecular formula is C13H14N2O4S2. The molecule has 1 N–H and O–H groups in total. The van der Waals surface area contributed by atoms with Crippen LogP contribution in [0.2, 0.25) is 0 Å². The number of methoxy groups -OCH3 is 2. The number of carboxylic acids is 1. The molecule has 0 aliphatic heterocycles. The average Bonchev–Trinajstić information content (AvgIpc) is 2.85. The Kier molecular flexibility index (Phi) is 5.03. The van der Waals surface area contributed by atoms with Gasteiger partial charge in [-0.15, -0.1) is 11.3 Å². The Labute approximate surface area is 130 Å². The summed E-state index contributed by atoms with van der Waals surface area (Å²) >= 11 is 2.58. The number of carboxylic acid groups (broad SMARTS) is 1. The van der Waals surface area contributed by atoms with Crippen molar-refractivity contribution in [2.45, 2.75) is 17.0 Å². The minimum absolute atomic E-state index is 0.267. The first-order chi connectivity index (χ1) is 10.1. The van der Waals surface area contributed by atoms with Gasteiger partial charge in [-0.25, -0.2) is 9.78 Å². The molecular weight excluding hydrogens is 312 g/mol. The lowest BCUT2D eigenvalue weighted by Gasteiger charge is -2.10. The smallest absolute Gasteiger partial charge is 0.347 e. The van der Waals surface area contributed by atoms with Crippen LogP contribution in [-0.2, 0) is 5.75 Å². The van der Waals surface area contributed by atoms with Gasteiger partial charge in [0.2, 0.25) is 0 Å². The summed E-state index contributed by atoms with van der Waals surface area (Å²) in [6, 6.07) is 1.73. The maximum absolute atomic E-state index is 11.0. The summed E-state index contributed by atoms with van der Waals surface area (Å²) in [5, 5.41) is 9.03. The first kappa shape index (κ1) is 15.6. The third-order valence-corrected chi connectivity index (χ3v) is 4.97. The first-order valence-electron chi connectivity index (χ1n) is 5.96. The van der Waals surface area contributed by atoms with Crippen molar-refractivity contribution < 1.29 is 19.4 Å². The number of hydrogen-bond acceptors (Lipinski definition) is 7. The summed E-state index contributed by atoms with van der Waals surface area (Å²) in [5.41, 5.74) is 1.26. The van der Waals surface area contributed by atoms with Gasteiger partial charge in [-0.1, -0.05) is 11.8 Å². The zero-order chi connectivity index (χ0) is 15.4. The van der Waals surface area contributed by atoms with Crippen LogP contribution in [0.4, 0.5) is 0 Å². The van der Waals surface area contributed by atoms with Crippen LogP contribution in [0.3, 0.4) is 0 Å². The van der Waals surface area contributed by atoms with E-state index in [1.54, 1.807) is 33.4 Å². The van der Waals surface area contributed by atoms with E-state index in [4.69, 9.17) is 14.6 Å². The highest BCUT2D eigenvalue weighted by Crippen LogP contribution is 2.35. The number of thioether (sulfide) groups is 1. The number of aryl methyl sites for hydroxylation is 1. The molecule has 0 unspecified atom stereocenters. The number of thiazole rings is 1. The van der Waals surface area contributed by atoms with Gasteiger partial charge in [-0.3, -0.25) is 4.98 Å². The lowest BCUT2D eigenvalue weighted by atomic mass is 10.3. The van der Waals surface area contributed by atoms with Crippen molar-refractivity contribution in [2.75, 3.05) is 14.2 Å². The number of hydrogen-bond donors (Lipinski definition) is 1. The standard InChI is InChI=1S/C13H14N2O4S2/c1-7-11(12(16)17)21-13(15-7)20-6-8-10(19-3)9(18-2)4-5-14-8/h4-5H,6H2,1-3H3,(H,16,17). The van der Waals surface area contributed by atoms with Crippen molar-refractivity contribution in [1.29, 1.82) is 0 Å². The minimum Gasteiger partial charge on any atom is -0.493 e. The number of aromatic carboxylic acids is 1. The predicted molar refractivity (Wildman–Crippen MR) is 80.7 cm³/mol. The molecule has 0 saturated heterocycles. The first-order valence-corrected chi connectivity index (χ1v) is 7.76. The van der Waals surface area contributed by atoms with E-state index in [1.807, 2.05) is 0 Å². The summed E-state index contributed by atoms with van der Waals surface area (Å²) in [5.74, 6) is 0.768. The van der Waals surface area contributed by atoms with Gasteiger partial charge in [0.15, 0.2) is 15.8 Å². The van der Waals surface area contributed by atoms with Crippen molar-refractivity contribution in [1.82, 2.24) is 9.97 Å². The van der Waals surface area contributed by atoms with Gasteiger partial charge in [0, 0.05) is 18.0 Å². The van der Waals surface area contributed by atoms with Crippen molar-refractivity contribution in [3.8, 4) is 11.5 Å². The molecule has 2 heterocycles. The summed E-state index contributed by atoms with van der Waals surface area (Å²) < 4.78 is 11.2. The van der Waals surface area contributed by atoms with Crippen LogP contribution in [-0.4, -0.2) is 35.3 Å². The normalized spacial score (nSPS) is 10.4. The zero-order valence-corrected chi connectivity index (χ0v) is 13.4. The Balaban J connectivity index is 2.17. The molecule has 112 valence electrons. The summed E-state index contributed by atoms with van der Waals surface area (Å²) in [4.78, 5) is 19.8. The van der Waals surface area contributed by atoms with Gasteiger partial charge in [0.25, 0.3) is 0 Å². The quantitative estimate of drug-likeness (QED) is 0.817. The lowest BCUT2D eigenvalue weighted by molar-refractivity contribution is 0.0701. The highest BCUT2D eigenvalue weighted by molar-refractivity contribution is 8.00. The molecule has 8 heteroatoms. The fraction of sp³-hybridized carbons (Fsp3) is 0.308. The highest BCUT2D eigenvalue weighted by Gasteiger charge is 2.16. The third-order valence-electron chi connectivity index (χ3n) is 2.67. The van der Waals surface area contributed by atoms with Crippen LogP contribution >= 0.6 is 23.1 Å². The Morgan fingerprint density at radius 2 is 2.19 bits per heavy atom. The molecule has 0 aliphatic rings. The molecule has 0 atom stereocenters. The van der Waals surface area contributed by atoms with Crippen molar-refractivity contribution >= 4 is 29.1 Å². The van der Waals surface area contributed by atoms with Gasteiger partial charge in [0.1, 0.15) is 4.88 Å². The molecule has 0 saturated carbocycles. The van der Waals surface area contributed by atoms with Crippen LogP contribution in [0, 0.1) is 6.92 Å². The fourth-order valence-corrected chi connectivity index (χ4v) is 3.68. The predicted octanol–water partition coefficient (Wildman–Crippen LogP) is 2.85. The van der Waals surface area contributed by atoms with Crippen LogP contribution in [0.1, 0.15) is 21.1 Å². The minimum atomic E-state index is -0.950. The second kappa shape index (κ2) is 6.77. The molecule has 0 radical (unpaired) electrons. The SMILES string of the molecule is COc1ccnc(CSc2nc(C)c(C(=O)O)s2)c1OC. The van der Waals surface area contributed by atoms with E-state index in [0.29, 0.717) is 27.3 Å². The van der Waals surface area contributed by atoms with E-state index in [2.05, 4.69) is 9.97 Å². The number of aromatic nitrogens is 2. The van der Waals surface area contributed by atoms with Gasteiger partial charge in [0.05, 0.1) is 25.6 Å². The molecule has 2 aromatic heterocycles. The van der Waals surface area contributed by atoms with Gasteiger partial charge in [-0.05, 0) is 6.92 Å². The fourth-order valence-electron chi connectivity index (χ4n) is 1.72. The molecule has 0 spiro atoms. The van der Waals surface area contributed by atoms with Crippen LogP contribution < -0.4 is 9.47 Å². The van der Waals surface area contributed by atoms with E-state index in [1.165, 1.54) is 11.8 Å². The summed E-state index contributed by atoms with van der Waals surface area (Å²) in [6.07, 6.45) is 1.65. The maximum Gasteiger partial charge on any atom is 0.347 e. The highest BCUT2D eigenvalue weighted by atomic mass is 32.2. The van der Waals surface area contributed by atoms with E-state index in [-0.39, 0.29) is 4.88 Å². The van der Waals surface area contributed by atoms with Gasteiger partial charge >= 0.3 is 5.97 Å². The number of ether oxygens (including phenoxy) is 2. The Morgan fingerprint density at radius 1 is 1.43 bits per heavy atom. The second-order valence-corrected chi connectivity index (χ2v) is 6.20. The van der Waals surface area contributed by atoms with E-state index in [0.717, 1.165) is 17.0 Å². The molecule has 0 bridgehead atoms. The number of carbonyl (C=O) groups is 1. The van der Waals surface area contributed by atoms with Crippen LogP contribution in [0.5, 0.6) is 11.5 Å². The van der Waals surface area contributed by atoms with E-state index < -0.39 is 5.97 Å². The second-order valence-electron chi connectivity index (χ2n) is 3.98. The topological polar surface area (TPSA) is 81.5 Å². The molecule has 6 nitrogen and oxygen atoms in total. The Morgan fingerprint density at radius 3 is 2.76 bits per heavy atom. The maximum atomic E-state index is 11.0. The number of nitrogens with zero attached hydrogens (tertiary/aromatic N) is 2. The number of rotatable bonds is 6. The van der Waals surface area contributed by atoms with E-state index in [9.17, 15) is 4.79 Å². The average molecular weight is 326 g/mol. The monoisotopic (exact) mass is 326 g/mol. The zero-order valence-electron chi connectivity index (χ0n) is 11.7. The van der Waals surface area contributed by atoms with Crippen molar-refractivity contribution in [3.63, 3.8) is 0 Å². The van der Waals surface area contributed by atoms with Crippen LogP contribution in [0.15, 0.2) is 16.6 Å². The van der Waals surface area contributed by atoms with Gasteiger partial charge in [-0.2, -0.15) is 0 Å². The summed E-state index contributed by atoms with van der Waals surface area (Å²) in [6.45, 7) is 1.69. The molecule has 21 heavy (non-hydrogen) atoms. The Hall–Kier alpha value is -1.80. The molecule has 0 aromatic carbocycles. The van der Waals surface area contributed by atoms with Crippen molar-refractivity contribution in [3.05, 3.63) is 28.5 Å². The van der Waals surface area contributed by atoms with E-state index >= 15 is 0 Å². The molecule has 0 amide bonds. The van der Waals surface area contributed by atoms with Crippen molar-refractivity contribution in [2.24, 2.45) is 0 Å². The molecule has 2 aromatic rings. The van der Waals surface area contributed by atoms with Gasteiger partial charge < -0.3 is 14.6 Å². The van der Waals surface area contributed by atoms with Crippen LogP contribution in [0.25, 0.3) is 0 Å².